The Bertz CT molecular complexity index is 374. The predicted molar refractivity (Wildman–Crippen MR) is 79.0 cm³/mol. The Kier molecular flexibility index (Phi) is 5.41. The van der Waals surface area contributed by atoms with E-state index in [9.17, 15) is 0 Å². The van der Waals surface area contributed by atoms with Gasteiger partial charge in [-0.2, -0.15) is 0 Å². The van der Waals surface area contributed by atoms with Crippen LogP contribution in [0.4, 0.5) is 11.5 Å². The highest BCUT2D eigenvalue weighted by molar-refractivity contribution is 5.52. The molecule has 0 spiro atoms. The fourth-order valence-corrected chi connectivity index (χ4v) is 1.97. The van der Waals surface area contributed by atoms with Gasteiger partial charge in [-0.15, -0.1) is 0 Å². The van der Waals surface area contributed by atoms with Crippen LogP contribution in [0.5, 0.6) is 0 Å². The van der Waals surface area contributed by atoms with Crippen molar-refractivity contribution in [2.75, 3.05) is 44.4 Å². The summed E-state index contributed by atoms with van der Waals surface area (Å²) in [5, 5.41) is 0. The van der Waals surface area contributed by atoms with Gasteiger partial charge in [0.05, 0.1) is 11.9 Å². The molecule has 0 aliphatic carbocycles. The van der Waals surface area contributed by atoms with E-state index >= 15 is 0 Å². The molecule has 0 radical (unpaired) electrons. The maximum atomic E-state index is 5.76. The predicted octanol–water partition coefficient (Wildman–Crippen LogP) is 2.00. The van der Waals surface area contributed by atoms with E-state index in [-0.39, 0.29) is 0 Å². The number of aromatic nitrogens is 1. The van der Waals surface area contributed by atoms with E-state index in [1.54, 1.807) is 6.20 Å². The summed E-state index contributed by atoms with van der Waals surface area (Å²) >= 11 is 0. The Balaban J connectivity index is 2.86. The maximum Gasteiger partial charge on any atom is 0.131 e. The molecule has 1 aromatic heterocycles. The lowest BCUT2D eigenvalue weighted by molar-refractivity contribution is 0.408. The van der Waals surface area contributed by atoms with Gasteiger partial charge in [0.1, 0.15) is 5.82 Å². The van der Waals surface area contributed by atoms with E-state index in [2.05, 4.69) is 49.7 Å². The molecule has 0 bridgehead atoms. The average Bonchev–Trinajstić information content (AvgIpc) is 2.24. The third kappa shape index (κ3) is 4.53. The number of nitrogens with zero attached hydrogens (tertiary/aromatic N) is 3. The van der Waals surface area contributed by atoms with Crippen molar-refractivity contribution in [2.45, 2.75) is 20.8 Å². The fraction of sp³-hybridized carbons (Fsp3) is 0.643. The van der Waals surface area contributed by atoms with Crippen molar-refractivity contribution in [3.8, 4) is 0 Å². The van der Waals surface area contributed by atoms with Crippen molar-refractivity contribution in [3.05, 3.63) is 17.8 Å². The lowest BCUT2D eigenvalue weighted by Gasteiger charge is -2.28. The van der Waals surface area contributed by atoms with Crippen LogP contribution in [0.1, 0.15) is 19.4 Å². The van der Waals surface area contributed by atoms with Gasteiger partial charge in [-0.3, -0.25) is 0 Å². The van der Waals surface area contributed by atoms with Gasteiger partial charge in [-0.1, -0.05) is 13.8 Å². The van der Waals surface area contributed by atoms with Crippen LogP contribution in [-0.4, -0.2) is 43.6 Å². The second-order valence-corrected chi connectivity index (χ2v) is 5.55. The number of likely N-dealkylation sites (N-methyl/N-ethyl adjacent to an activating group) is 1. The van der Waals surface area contributed by atoms with Gasteiger partial charge in [0, 0.05) is 19.6 Å². The highest BCUT2D eigenvalue weighted by Crippen LogP contribution is 2.19. The number of rotatable bonds is 6. The number of anilines is 2. The minimum Gasteiger partial charge on any atom is -0.397 e. The molecule has 4 nitrogen and oxygen atoms in total. The zero-order valence-electron chi connectivity index (χ0n) is 12.3. The molecule has 102 valence electrons. The van der Waals surface area contributed by atoms with Gasteiger partial charge >= 0.3 is 0 Å². The van der Waals surface area contributed by atoms with Crippen LogP contribution in [0.2, 0.25) is 0 Å². The van der Waals surface area contributed by atoms with Gasteiger partial charge < -0.3 is 15.5 Å². The molecule has 0 aliphatic rings. The molecule has 0 saturated carbocycles. The van der Waals surface area contributed by atoms with Crippen LogP contribution in [0, 0.1) is 12.8 Å². The zero-order chi connectivity index (χ0) is 13.7. The topological polar surface area (TPSA) is 45.4 Å². The third-order valence-corrected chi connectivity index (χ3v) is 2.77. The highest BCUT2D eigenvalue weighted by atomic mass is 15.2. The minimum absolute atomic E-state index is 0.617. The first kappa shape index (κ1) is 14.8. The first-order chi connectivity index (χ1) is 8.40. The number of hydrogen-bond donors (Lipinski definition) is 1. The molecule has 1 rings (SSSR count). The summed E-state index contributed by atoms with van der Waals surface area (Å²) in [6.07, 6.45) is 1.74. The molecule has 2 N–H and O–H groups in total. The number of nitrogens with two attached hydrogens (primary N) is 1. The standard InChI is InChI=1S/C14H26N4/c1-11(2)10-18(7-6-17(4)5)14-12(3)8-13(15)9-16-14/h8-9,11H,6-7,10,15H2,1-5H3. The number of hydrogen-bond acceptors (Lipinski definition) is 4. The summed E-state index contributed by atoms with van der Waals surface area (Å²) in [7, 11) is 4.19. The lowest BCUT2D eigenvalue weighted by Crippen LogP contribution is -2.35. The molecule has 0 aromatic carbocycles. The summed E-state index contributed by atoms with van der Waals surface area (Å²) in [5.41, 5.74) is 7.64. The molecular weight excluding hydrogens is 224 g/mol. The van der Waals surface area contributed by atoms with Crippen molar-refractivity contribution >= 4 is 11.5 Å². The summed E-state index contributed by atoms with van der Waals surface area (Å²) < 4.78 is 0. The molecule has 0 unspecified atom stereocenters. The van der Waals surface area contributed by atoms with E-state index in [0.29, 0.717) is 5.92 Å². The van der Waals surface area contributed by atoms with Crippen LogP contribution >= 0.6 is 0 Å². The Labute approximate surface area is 111 Å². The van der Waals surface area contributed by atoms with E-state index in [1.807, 2.05) is 6.07 Å². The molecule has 1 aromatic rings. The Morgan fingerprint density at radius 1 is 1.28 bits per heavy atom. The van der Waals surface area contributed by atoms with E-state index < -0.39 is 0 Å². The van der Waals surface area contributed by atoms with Crippen molar-refractivity contribution in [2.24, 2.45) is 5.92 Å². The van der Waals surface area contributed by atoms with Crippen LogP contribution in [-0.2, 0) is 0 Å². The monoisotopic (exact) mass is 250 g/mol. The van der Waals surface area contributed by atoms with Crippen molar-refractivity contribution in [1.29, 1.82) is 0 Å². The van der Waals surface area contributed by atoms with Gasteiger partial charge in [0.15, 0.2) is 0 Å². The van der Waals surface area contributed by atoms with Gasteiger partial charge in [0.25, 0.3) is 0 Å². The molecule has 0 aliphatic heterocycles. The van der Waals surface area contributed by atoms with Gasteiger partial charge in [-0.05, 0) is 38.6 Å². The first-order valence-electron chi connectivity index (χ1n) is 6.52. The fourth-order valence-electron chi connectivity index (χ4n) is 1.97. The number of nitrogen functional groups attached to an aromatic ring is 1. The number of pyridine rings is 1. The van der Waals surface area contributed by atoms with Crippen LogP contribution in [0.25, 0.3) is 0 Å². The third-order valence-electron chi connectivity index (χ3n) is 2.77. The summed E-state index contributed by atoms with van der Waals surface area (Å²) in [6.45, 7) is 9.57. The highest BCUT2D eigenvalue weighted by Gasteiger charge is 2.12. The molecule has 0 saturated heterocycles. The Morgan fingerprint density at radius 3 is 2.44 bits per heavy atom. The van der Waals surface area contributed by atoms with Crippen LogP contribution < -0.4 is 10.6 Å². The van der Waals surface area contributed by atoms with Crippen LogP contribution in [0.3, 0.4) is 0 Å². The van der Waals surface area contributed by atoms with Crippen molar-refractivity contribution in [1.82, 2.24) is 9.88 Å². The lowest BCUT2D eigenvalue weighted by atomic mass is 10.2. The summed E-state index contributed by atoms with van der Waals surface area (Å²) in [4.78, 5) is 9.03. The SMILES string of the molecule is Cc1cc(N)cnc1N(CCN(C)C)CC(C)C. The second-order valence-electron chi connectivity index (χ2n) is 5.55. The van der Waals surface area contributed by atoms with Crippen LogP contribution in [0.15, 0.2) is 12.3 Å². The first-order valence-corrected chi connectivity index (χ1v) is 6.52. The Morgan fingerprint density at radius 2 is 1.94 bits per heavy atom. The maximum absolute atomic E-state index is 5.76. The van der Waals surface area contributed by atoms with Crippen molar-refractivity contribution < 1.29 is 0 Å². The van der Waals surface area contributed by atoms with E-state index in [4.69, 9.17) is 5.73 Å². The summed E-state index contributed by atoms with van der Waals surface area (Å²) in [6, 6.07) is 1.99. The molecule has 18 heavy (non-hydrogen) atoms. The van der Waals surface area contributed by atoms with E-state index in [0.717, 1.165) is 36.7 Å². The van der Waals surface area contributed by atoms with Crippen molar-refractivity contribution in [3.63, 3.8) is 0 Å². The normalized spacial score (nSPS) is 11.3. The minimum atomic E-state index is 0.617. The van der Waals surface area contributed by atoms with E-state index in [1.165, 1.54) is 0 Å². The Hall–Kier alpha value is -1.29. The van der Waals surface area contributed by atoms with Gasteiger partial charge in [0.2, 0.25) is 0 Å². The quantitative estimate of drug-likeness (QED) is 0.839. The van der Waals surface area contributed by atoms with Gasteiger partial charge in [-0.25, -0.2) is 4.98 Å². The molecule has 0 fully saturated rings. The average molecular weight is 250 g/mol. The molecule has 0 atom stereocenters. The zero-order valence-corrected chi connectivity index (χ0v) is 12.3. The number of aryl methyl sites for hydroxylation is 1. The molecular formula is C14H26N4. The largest absolute Gasteiger partial charge is 0.397 e. The molecule has 0 amide bonds. The smallest absolute Gasteiger partial charge is 0.131 e. The molecule has 4 heteroatoms. The molecule has 1 heterocycles. The summed E-state index contributed by atoms with van der Waals surface area (Å²) in [5.74, 6) is 1.67. The second kappa shape index (κ2) is 6.59.